The number of nitrogens with one attached hydrogen (secondary N) is 1. The number of rotatable bonds is 4. The Morgan fingerprint density at radius 1 is 0.939 bits per heavy atom. The average molecular weight is 455 g/mol. The molecule has 2 aromatic carbocycles. The second-order valence-corrected chi connectivity index (χ2v) is 8.56. The van der Waals surface area contributed by atoms with E-state index in [2.05, 4.69) is 69.3 Å². The Labute approximate surface area is 197 Å². The minimum atomic E-state index is -0.123. The van der Waals surface area contributed by atoms with Crippen molar-refractivity contribution in [3.63, 3.8) is 0 Å². The molecule has 0 radical (unpaired) electrons. The maximum Gasteiger partial charge on any atom is 0.231 e. The van der Waals surface area contributed by atoms with E-state index in [0.717, 1.165) is 34.3 Å². The molecular weight excluding hydrogens is 432 g/mol. The molecule has 0 aliphatic carbocycles. The van der Waals surface area contributed by atoms with Crippen LogP contribution in [0.5, 0.6) is 11.5 Å². The largest absolute Gasteiger partial charge is 0.454 e. The first-order valence-corrected chi connectivity index (χ1v) is 11.2. The van der Waals surface area contributed by atoms with E-state index < -0.39 is 0 Å². The van der Waals surface area contributed by atoms with Crippen LogP contribution >= 0.6 is 12.2 Å². The van der Waals surface area contributed by atoms with Gasteiger partial charge in [-0.2, -0.15) is 0 Å². The van der Waals surface area contributed by atoms with Crippen molar-refractivity contribution in [2.75, 3.05) is 11.7 Å². The average Bonchev–Trinajstić information content (AvgIpc) is 3.57. The Morgan fingerprint density at radius 3 is 2.70 bits per heavy atom. The van der Waals surface area contributed by atoms with Crippen LogP contribution in [-0.2, 0) is 0 Å². The summed E-state index contributed by atoms with van der Waals surface area (Å²) >= 11 is 5.87. The van der Waals surface area contributed by atoms with E-state index in [1.165, 1.54) is 5.56 Å². The van der Waals surface area contributed by atoms with Gasteiger partial charge in [0.15, 0.2) is 16.6 Å². The second-order valence-electron chi connectivity index (χ2n) is 8.18. The molecule has 4 heterocycles. The maximum absolute atomic E-state index is 5.87. The lowest BCUT2D eigenvalue weighted by Gasteiger charge is -2.29. The zero-order valence-electron chi connectivity index (χ0n) is 18.0. The third-order valence-electron chi connectivity index (χ3n) is 6.10. The van der Waals surface area contributed by atoms with Gasteiger partial charge in [-0.3, -0.25) is 4.98 Å². The van der Waals surface area contributed by atoms with Crippen LogP contribution in [0.15, 0.2) is 85.2 Å². The minimum Gasteiger partial charge on any atom is -0.454 e. The van der Waals surface area contributed by atoms with Gasteiger partial charge >= 0.3 is 0 Å². The number of aryl methyl sites for hydroxylation is 1. The Bertz CT molecular complexity index is 1340. The standard InChI is InChI=1S/C26H22N4O2S/c1-17-6-4-7-18(14-17)29-13-5-9-21(29)25-24(20-8-2-3-12-27-20)28-26(33)30(25)19-10-11-22-23(15-19)32-16-31-22/h2-15,24-25H,16H2,1H3,(H,28,33)/t24-,25+/m0/s1. The Morgan fingerprint density at radius 2 is 1.85 bits per heavy atom. The highest BCUT2D eigenvalue weighted by Crippen LogP contribution is 2.44. The summed E-state index contributed by atoms with van der Waals surface area (Å²) in [7, 11) is 0. The van der Waals surface area contributed by atoms with Gasteiger partial charge in [-0.25, -0.2) is 0 Å². The number of ether oxygens (including phenoxy) is 2. The van der Waals surface area contributed by atoms with E-state index in [-0.39, 0.29) is 18.9 Å². The molecule has 2 aliphatic rings. The summed E-state index contributed by atoms with van der Waals surface area (Å²) in [6.45, 7) is 2.34. The normalized spacial score (nSPS) is 19.1. The van der Waals surface area contributed by atoms with E-state index in [1.54, 1.807) is 0 Å². The summed E-state index contributed by atoms with van der Waals surface area (Å²) < 4.78 is 13.4. The van der Waals surface area contributed by atoms with Gasteiger partial charge in [-0.1, -0.05) is 18.2 Å². The summed E-state index contributed by atoms with van der Waals surface area (Å²) in [6.07, 6.45) is 3.92. The van der Waals surface area contributed by atoms with Crippen LogP contribution in [0.3, 0.4) is 0 Å². The van der Waals surface area contributed by atoms with Crippen LogP contribution in [0.4, 0.5) is 5.69 Å². The summed E-state index contributed by atoms with van der Waals surface area (Å²) in [5, 5.41) is 4.17. The number of fused-ring (bicyclic) bond motifs is 1. The number of pyridine rings is 1. The van der Waals surface area contributed by atoms with Crippen LogP contribution in [0.25, 0.3) is 5.69 Å². The molecule has 33 heavy (non-hydrogen) atoms. The van der Waals surface area contributed by atoms with Crippen LogP contribution < -0.4 is 19.7 Å². The predicted molar refractivity (Wildman–Crippen MR) is 131 cm³/mol. The van der Waals surface area contributed by atoms with Gasteiger partial charge in [0.1, 0.15) is 6.04 Å². The van der Waals surface area contributed by atoms with Crippen molar-refractivity contribution < 1.29 is 9.47 Å². The van der Waals surface area contributed by atoms with Crippen LogP contribution in [0, 0.1) is 6.92 Å². The monoisotopic (exact) mass is 454 g/mol. The molecule has 0 unspecified atom stereocenters. The van der Waals surface area contributed by atoms with Gasteiger partial charge in [0.05, 0.1) is 11.7 Å². The number of hydrogen-bond acceptors (Lipinski definition) is 4. The van der Waals surface area contributed by atoms with Gasteiger partial charge in [0.25, 0.3) is 0 Å². The predicted octanol–water partition coefficient (Wildman–Crippen LogP) is 5.09. The molecule has 0 bridgehead atoms. The molecule has 0 saturated carbocycles. The fourth-order valence-electron chi connectivity index (χ4n) is 4.62. The molecule has 4 aromatic rings. The fourth-order valence-corrected chi connectivity index (χ4v) is 4.96. The number of hydrogen-bond donors (Lipinski definition) is 1. The molecular formula is C26H22N4O2S. The molecule has 1 fully saturated rings. The fraction of sp³-hybridized carbons (Fsp3) is 0.154. The molecule has 0 spiro atoms. The summed E-state index contributed by atoms with van der Waals surface area (Å²) in [4.78, 5) is 6.81. The lowest BCUT2D eigenvalue weighted by molar-refractivity contribution is 0.174. The zero-order chi connectivity index (χ0) is 22.4. The maximum atomic E-state index is 5.87. The molecule has 164 valence electrons. The van der Waals surface area contributed by atoms with E-state index >= 15 is 0 Å². The first-order chi connectivity index (χ1) is 16.2. The summed E-state index contributed by atoms with van der Waals surface area (Å²) in [6, 6.07) is 24.4. The molecule has 0 amide bonds. The molecule has 2 aliphatic heterocycles. The van der Waals surface area contributed by atoms with E-state index in [4.69, 9.17) is 21.7 Å². The highest BCUT2D eigenvalue weighted by atomic mass is 32.1. The lowest BCUT2D eigenvalue weighted by atomic mass is 10.0. The molecule has 1 saturated heterocycles. The number of aromatic nitrogens is 2. The van der Waals surface area contributed by atoms with Crippen molar-refractivity contribution in [1.29, 1.82) is 0 Å². The molecule has 2 atom stereocenters. The van der Waals surface area contributed by atoms with Crippen molar-refractivity contribution in [3.8, 4) is 17.2 Å². The van der Waals surface area contributed by atoms with Crippen molar-refractivity contribution in [1.82, 2.24) is 14.9 Å². The number of thiocarbonyl (C=S) groups is 1. The number of nitrogens with zero attached hydrogens (tertiary/aromatic N) is 3. The summed E-state index contributed by atoms with van der Waals surface area (Å²) in [5.41, 5.74) is 5.31. The highest BCUT2D eigenvalue weighted by Gasteiger charge is 2.42. The van der Waals surface area contributed by atoms with Crippen LogP contribution in [0.2, 0.25) is 0 Å². The van der Waals surface area contributed by atoms with Gasteiger partial charge in [0, 0.05) is 35.5 Å². The van der Waals surface area contributed by atoms with Crippen molar-refractivity contribution in [3.05, 3.63) is 102 Å². The zero-order valence-corrected chi connectivity index (χ0v) is 18.8. The van der Waals surface area contributed by atoms with E-state index in [0.29, 0.717) is 5.11 Å². The Kier molecular flexibility index (Phi) is 4.77. The van der Waals surface area contributed by atoms with Crippen LogP contribution in [-0.4, -0.2) is 21.5 Å². The van der Waals surface area contributed by atoms with Gasteiger partial charge in [-0.15, -0.1) is 0 Å². The topological polar surface area (TPSA) is 51.6 Å². The third-order valence-corrected chi connectivity index (χ3v) is 6.41. The number of anilines is 1. The van der Waals surface area contributed by atoms with Crippen molar-refractivity contribution >= 4 is 23.0 Å². The van der Waals surface area contributed by atoms with E-state index in [9.17, 15) is 0 Å². The Balaban J connectivity index is 1.51. The smallest absolute Gasteiger partial charge is 0.231 e. The molecule has 7 heteroatoms. The molecule has 6 nitrogen and oxygen atoms in total. The molecule has 2 aromatic heterocycles. The van der Waals surface area contributed by atoms with E-state index in [1.807, 2.05) is 42.6 Å². The Hall–Kier alpha value is -3.84. The second kappa shape index (κ2) is 7.94. The van der Waals surface area contributed by atoms with Gasteiger partial charge in [-0.05, 0) is 73.2 Å². The highest BCUT2D eigenvalue weighted by molar-refractivity contribution is 7.80. The first kappa shape index (κ1) is 19.8. The minimum absolute atomic E-state index is 0.122. The summed E-state index contributed by atoms with van der Waals surface area (Å²) in [5.74, 6) is 1.47. The SMILES string of the molecule is Cc1cccc(-n2cccc2[C@@H]2[C@H](c3ccccn3)NC(=S)N2c2ccc3c(c2)OCO3)c1. The molecule has 6 rings (SSSR count). The lowest BCUT2D eigenvalue weighted by Crippen LogP contribution is -2.30. The van der Waals surface area contributed by atoms with Crippen molar-refractivity contribution in [2.45, 2.75) is 19.0 Å². The third kappa shape index (κ3) is 3.41. The van der Waals surface area contributed by atoms with Crippen molar-refractivity contribution in [2.24, 2.45) is 0 Å². The quantitative estimate of drug-likeness (QED) is 0.434. The first-order valence-electron chi connectivity index (χ1n) is 10.8. The van der Waals surface area contributed by atoms with Gasteiger partial charge < -0.3 is 24.3 Å². The van der Waals surface area contributed by atoms with Gasteiger partial charge in [0.2, 0.25) is 6.79 Å². The van der Waals surface area contributed by atoms with Crippen LogP contribution in [0.1, 0.15) is 29.0 Å². The number of benzene rings is 2. The molecule has 1 N–H and O–H groups in total.